The van der Waals surface area contributed by atoms with Crippen molar-refractivity contribution in [3.05, 3.63) is 0 Å². The van der Waals surface area contributed by atoms with Crippen LogP contribution >= 0.6 is 0 Å². The van der Waals surface area contributed by atoms with E-state index in [1.165, 1.54) is 0 Å². The first-order valence-electron chi connectivity index (χ1n) is 6.53. The monoisotopic (exact) mass is 333 g/mol. The highest BCUT2D eigenvalue weighted by molar-refractivity contribution is 5.88. The van der Waals surface area contributed by atoms with Crippen LogP contribution in [0.25, 0.3) is 0 Å². The predicted molar refractivity (Wildman–Crippen MR) is 74.4 cm³/mol. The van der Waals surface area contributed by atoms with E-state index < -0.39 is 54.3 Å². The van der Waals surface area contributed by atoms with Crippen LogP contribution in [-0.4, -0.2) is 56.7 Å². The summed E-state index contributed by atoms with van der Waals surface area (Å²) in [5, 5.41) is 30.7. The Bertz CT molecular complexity index is 507. The second-order valence-electron chi connectivity index (χ2n) is 5.03. The second kappa shape index (κ2) is 8.56. The summed E-state index contributed by atoms with van der Waals surface area (Å²) in [7, 11) is 0. The minimum Gasteiger partial charge on any atom is -0.481 e. The number of nitrogens with one attached hydrogen (secondary N) is 2. The molecule has 3 amide bonds. The van der Waals surface area contributed by atoms with Crippen LogP contribution in [0.15, 0.2) is 0 Å². The van der Waals surface area contributed by atoms with Crippen LogP contribution in [-0.2, 0) is 19.2 Å². The van der Waals surface area contributed by atoms with Gasteiger partial charge in [-0.15, -0.1) is 0 Å². The first kappa shape index (κ1) is 20.1. The molecule has 0 bridgehead atoms. The largest absolute Gasteiger partial charge is 0.481 e. The Labute approximate surface area is 130 Å². The van der Waals surface area contributed by atoms with Crippen molar-refractivity contribution in [1.29, 1.82) is 0 Å². The van der Waals surface area contributed by atoms with Gasteiger partial charge in [0.2, 0.25) is 5.91 Å². The number of carboxylic acids is 3. The van der Waals surface area contributed by atoms with E-state index in [2.05, 4.69) is 0 Å². The highest BCUT2D eigenvalue weighted by Gasteiger charge is 2.36. The van der Waals surface area contributed by atoms with Crippen molar-refractivity contribution in [2.45, 2.75) is 44.2 Å². The van der Waals surface area contributed by atoms with Crippen LogP contribution in [0.3, 0.4) is 0 Å². The lowest BCUT2D eigenvalue weighted by molar-refractivity contribution is -0.145. The summed E-state index contributed by atoms with van der Waals surface area (Å²) >= 11 is 0. The van der Waals surface area contributed by atoms with Gasteiger partial charge in [-0.05, 0) is 19.8 Å². The molecule has 0 aliphatic heterocycles. The first-order valence-corrected chi connectivity index (χ1v) is 6.53. The van der Waals surface area contributed by atoms with Crippen molar-refractivity contribution < 1.29 is 39.3 Å². The number of carbonyl (C=O) groups is 5. The number of amides is 3. The van der Waals surface area contributed by atoms with Crippen molar-refractivity contribution in [1.82, 2.24) is 10.6 Å². The van der Waals surface area contributed by atoms with Gasteiger partial charge >= 0.3 is 23.9 Å². The number of rotatable bonds is 10. The zero-order chi connectivity index (χ0) is 18.2. The Balaban J connectivity index is 4.83. The predicted octanol–water partition coefficient (Wildman–Crippen LogP) is -1.29. The van der Waals surface area contributed by atoms with E-state index >= 15 is 0 Å². The number of carbonyl (C=O) groups excluding carboxylic acids is 2. The third-order valence-electron chi connectivity index (χ3n) is 2.98. The molecular weight excluding hydrogens is 314 g/mol. The fourth-order valence-electron chi connectivity index (χ4n) is 1.57. The molecule has 23 heavy (non-hydrogen) atoms. The zero-order valence-electron chi connectivity index (χ0n) is 12.4. The van der Waals surface area contributed by atoms with E-state index in [4.69, 9.17) is 21.1 Å². The molecule has 2 atom stereocenters. The summed E-state index contributed by atoms with van der Waals surface area (Å²) in [5.41, 5.74) is 2.99. The molecule has 0 heterocycles. The Morgan fingerprint density at radius 3 is 2.04 bits per heavy atom. The van der Waals surface area contributed by atoms with Gasteiger partial charge in [0.15, 0.2) is 0 Å². The lowest BCUT2D eigenvalue weighted by Gasteiger charge is -2.26. The molecule has 0 spiro atoms. The van der Waals surface area contributed by atoms with Crippen molar-refractivity contribution in [3.63, 3.8) is 0 Å². The van der Waals surface area contributed by atoms with Crippen molar-refractivity contribution in [2.24, 2.45) is 5.73 Å². The molecule has 0 aromatic heterocycles. The van der Waals surface area contributed by atoms with Gasteiger partial charge in [0, 0.05) is 12.8 Å². The molecule has 0 rings (SSSR count). The zero-order valence-corrected chi connectivity index (χ0v) is 12.4. The van der Waals surface area contributed by atoms with Crippen LogP contribution in [0.2, 0.25) is 0 Å². The molecule has 0 aliphatic carbocycles. The maximum atomic E-state index is 11.8. The molecule has 11 heteroatoms. The molecular formula is C12H19N3O8. The Hall–Kier alpha value is -2.85. The Kier molecular flexibility index (Phi) is 7.50. The highest BCUT2D eigenvalue weighted by Crippen LogP contribution is 2.13. The number of carboxylic acid groups (broad SMARTS) is 3. The third-order valence-corrected chi connectivity index (χ3v) is 2.98. The van der Waals surface area contributed by atoms with Crippen LogP contribution in [0, 0.1) is 0 Å². The summed E-state index contributed by atoms with van der Waals surface area (Å²) in [6.07, 6.45) is -1.46. The number of urea groups is 1. The van der Waals surface area contributed by atoms with Gasteiger partial charge in [-0.25, -0.2) is 14.4 Å². The lowest BCUT2D eigenvalue weighted by Crippen LogP contribution is -2.57. The second-order valence-corrected chi connectivity index (χ2v) is 5.03. The molecule has 7 N–H and O–H groups in total. The number of aliphatic carboxylic acids is 3. The van der Waals surface area contributed by atoms with Crippen LogP contribution in [0.4, 0.5) is 4.79 Å². The van der Waals surface area contributed by atoms with E-state index in [1.54, 1.807) is 0 Å². The van der Waals surface area contributed by atoms with Gasteiger partial charge in [-0.3, -0.25) is 9.59 Å². The fraction of sp³-hybridized carbons (Fsp3) is 0.583. The van der Waals surface area contributed by atoms with Crippen molar-refractivity contribution in [3.8, 4) is 0 Å². The maximum Gasteiger partial charge on any atom is 0.329 e. The molecule has 0 aliphatic rings. The molecule has 0 aromatic rings. The fourth-order valence-corrected chi connectivity index (χ4v) is 1.57. The SMILES string of the molecule is C[C@@](CCC(=O)O)(NC(=O)NC(CCC(N)=O)C(=O)O)C(=O)O. The Morgan fingerprint density at radius 2 is 1.65 bits per heavy atom. The number of primary amides is 1. The molecule has 0 saturated carbocycles. The Morgan fingerprint density at radius 1 is 1.09 bits per heavy atom. The average Bonchev–Trinajstić information content (AvgIpc) is 2.40. The first-order chi connectivity index (χ1) is 10.5. The number of hydrogen-bond donors (Lipinski definition) is 6. The molecule has 11 nitrogen and oxygen atoms in total. The average molecular weight is 333 g/mol. The lowest BCUT2D eigenvalue weighted by atomic mass is 9.96. The summed E-state index contributed by atoms with van der Waals surface area (Å²) in [6.45, 7) is 1.09. The van der Waals surface area contributed by atoms with Crippen molar-refractivity contribution >= 4 is 29.8 Å². The topological polar surface area (TPSA) is 196 Å². The molecule has 1 unspecified atom stereocenters. The molecule has 0 aromatic carbocycles. The summed E-state index contributed by atoms with van der Waals surface area (Å²) in [6, 6.07) is -2.56. The molecule has 130 valence electrons. The van der Waals surface area contributed by atoms with Crippen LogP contribution in [0.5, 0.6) is 0 Å². The van der Waals surface area contributed by atoms with Crippen molar-refractivity contribution in [2.75, 3.05) is 0 Å². The molecule has 0 radical (unpaired) electrons. The van der Waals surface area contributed by atoms with Gasteiger partial charge in [0.05, 0.1) is 0 Å². The number of hydrogen-bond acceptors (Lipinski definition) is 5. The third kappa shape index (κ3) is 7.64. The summed E-state index contributed by atoms with van der Waals surface area (Å²) < 4.78 is 0. The van der Waals surface area contributed by atoms with Gasteiger partial charge in [0.25, 0.3) is 0 Å². The van der Waals surface area contributed by atoms with Crippen LogP contribution in [0.1, 0.15) is 32.6 Å². The summed E-state index contributed by atoms with van der Waals surface area (Å²) in [5.74, 6) is -4.90. The van der Waals surface area contributed by atoms with E-state index in [1.807, 2.05) is 10.6 Å². The maximum absolute atomic E-state index is 11.8. The minimum absolute atomic E-state index is 0.267. The van der Waals surface area contributed by atoms with E-state index in [0.717, 1.165) is 6.92 Å². The van der Waals surface area contributed by atoms with Gasteiger partial charge in [-0.1, -0.05) is 0 Å². The van der Waals surface area contributed by atoms with Gasteiger partial charge in [0.1, 0.15) is 11.6 Å². The van der Waals surface area contributed by atoms with Crippen LogP contribution < -0.4 is 16.4 Å². The molecule has 0 fully saturated rings. The minimum atomic E-state index is -1.89. The number of nitrogens with two attached hydrogens (primary N) is 1. The van der Waals surface area contributed by atoms with E-state index in [0.29, 0.717) is 0 Å². The normalized spacial score (nSPS) is 14.1. The quantitative estimate of drug-likeness (QED) is 0.284. The smallest absolute Gasteiger partial charge is 0.329 e. The van der Waals surface area contributed by atoms with E-state index in [9.17, 15) is 24.0 Å². The highest BCUT2D eigenvalue weighted by atomic mass is 16.4. The summed E-state index contributed by atoms with van der Waals surface area (Å²) in [4.78, 5) is 55.1. The standard InChI is InChI=1S/C12H19N3O8/c1-12(10(21)22,5-4-8(17)18)15-11(23)14-6(9(19)20)2-3-7(13)16/h6H,2-5H2,1H3,(H2,13,16)(H,17,18)(H,19,20)(H,21,22)(H2,14,15,23)/t6?,12-/m0/s1. The van der Waals surface area contributed by atoms with Gasteiger partial charge < -0.3 is 31.7 Å². The molecule has 0 saturated heterocycles. The van der Waals surface area contributed by atoms with E-state index in [-0.39, 0.29) is 12.8 Å². The van der Waals surface area contributed by atoms with Gasteiger partial charge in [-0.2, -0.15) is 0 Å².